The van der Waals surface area contributed by atoms with E-state index in [1.807, 2.05) is 12.1 Å². The summed E-state index contributed by atoms with van der Waals surface area (Å²) >= 11 is 0. The minimum atomic E-state index is -0.433. The molecule has 0 unspecified atom stereocenters. The van der Waals surface area contributed by atoms with E-state index in [9.17, 15) is 15.2 Å². The zero-order valence-corrected chi connectivity index (χ0v) is 16.6. The maximum atomic E-state index is 10.8. The molecule has 0 radical (unpaired) electrons. The van der Waals surface area contributed by atoms with Gasteiger partial charge in [-0.05, 0) is 74.5 Å². The van der Waals surface area contributed by atoms with Crippen LogP contribution in [0.25, 0.3) is 11.5 Å². The van der Waals surface area contributed by atoms with Crippen LogP contribution in [0, 0.1) is 16.0 Å². The highest BCUT2D eigenvalue weighted by Crippen LogP contribution is 2.25. The summed E-state index contributed by atoms with van der Waals surface area (Å²) < 4.78 is 5.76. The van der Waals surface area contributed by atoms with Crippen molar-refractivity contribution < 1.29 is 14.4 Å². The molecule has 1 N–H and O–H groups in total. The largest absolute Gasteiger partial charge is 0.508 e. The van der Waals surface area contributed by atoms with Gasteiger partial charge < -0.3 is 9.52 Å². The maximum absolute atomic E-state index is 10.8. The van der Waals surface area contributed by atoms with Crippen molar-refractivity contribution in [2.75, 3.05) is 13.1 Å². The summed E-state index contributed by atoms with van der Waals surface area (Å²) in [5.74, 6) is 1.95. The van der Waals surface area contributed by atoms with Crippen LogP contribution < -0.4 is 0 Å². The second-order valence-corrected chi connectivity index (χ2v) is 7.73. The van der Waals surface area contributed by atoms with Crippen LogP contribution in [0.4, 0.5) is 5.69 Å². The fraction of sp³-hybridized carbons (Fsp3) is 0.364. The number of aryl methyl sites for hydroxylation is 1. The molecule has 1 fully saturated rings. The fourth-order valence-corrected chi connectivity index (χ4v) is 3.82. The van der Waals surface area contributed by atoms with Crippen molar-refractivity contribution in [1.29, 1.82) is 0 Å². The van der Waals surface area contributed by atoms with Crippen LogP contribution in [-0.4, -0.2) is 38.2 Å². The standard InChI is InChI=1S/C22H24N4O4/c27-20-9-3-16(4-10-20)1-2-17-11-13-25(14-12-17)15-21-23-24-22(30-21)18-5-7-19(8-6-18)26(28)29/h3-10,17,27H,1-2,11-15H2. The Kier molecular flexibility index (Phi) is 6.04. The van der Waals surface area contributed by atoms with E-state index in [0.29, 0.717) is 35.6 Å². The van der Waals surface area contributed by atoms with Gasteiger partial charge in [-0.3, -0.25) is 15.0 Å². The van der Waals surface area contributed by atoms with Crippen LogP contribution in [0.3, 0.4) is 0 Å². The first kappa shape index (κ1) is 20.0. The highest BCUT2D eigenvalue weighted by molar-refractivity contribution is 5.55. The molecule has 8 heteroatoms. The summed E-state index contributed by atoms with van der Waals surface area (Å²) in [6.45, 7) is 2.61. The average molecular weight is 408 g/mol. The minimum Gasteiger partial charge on any atom is -0.508 e. The van der Waals surface area contributed by atoms with Gasteiger partial charge in [0.15, 0.2) is 0 Å². The van der Waals surface area contributed by atoms with Gasteiger partial charge in [0.05, 0.1) is 11.5 Å². The van der Waals surface area contributed by atoms with Crippen LogP contribution in [0.15, 0.2) is 52.9 Å². The molecule has 0 aliphatic carbocycles. The Morgan fingerprint density at radius 2 is 1.77 bits per heavy atom. The van der Waals surface area contributed by atoms with Gasteiger partial charge in [-0.25, -0.2) is 0 Å². The minimum absolute atomic E-state index is 0.0340. The van der Waals surface area contributed by atoms with Crippen molar-refractivity contribution in [3.63, 3.8) is 0 Å². The van der Waals surface area contributed by atoms with E-state index in [1.165, 1.54) is 17.7 Å². The average Bonchev–Trinajstić information content (AvgIpc) is 3.23. The molecule has 1 aromatic heterocycles. The molecule has 2 heterocycles. The Bertz CT molecular complexity index is 977. The number of likely N-dealkylation sites (tertiary alicyclic amines) is 1. The molecular formula is C22H24N4O4. The van der Waals surface area contributed by atoms with Crippen molar-refractivity contribution in [2.24, 2.45) is 5.92 Å². The number of rotatable bonds is 7. The van der Waals surface area contributed by atoms with Crippen molar-refractivity contribution in [3.05, 3.63) is 70.1 Å². The molecule has 1 aliphatic rings. The van der Waals surface area contributed by atoms with E-state index in [1.54, 1.807) is 24.3 Å². The van der Waals surface area contributed by atoms with Gasteiger partial charge in [0.25, 0.3) is 5.69 Å². The molecule has 3 aromatic rings. The monoisotopic (exact) mass is 408 g/mol. The number of aromatic nitrogens is 2. The first-order chi connectivity index (χ1) is 14.6. The molecule has 1 saturated heterocycles. The van der Waals surface area contributed by atoms with Crippen molar-refractivity contribution in [3.8, 4) is 17.2 Å². The number of phenolic OH excluding ortho intramolecular Hbond substituents is 1. The van der Waals surface area contributed by atoms with Crippen LogP contribution in [0.1, 0.15) is 30.7 Å². The van der Waals surface area contributed by atoms with Gasteiger partial charge >= 0.3 is 0 Å². The Morgan fingerprint density at radius 3 is 2.43 bits per heavy atom. The van der Waals surface area contributed by atoms with E-state index in [0.717, 1.165) is 38.8 Å². The van der Waals surface area contributed by atoms with Crippen molar-refractivity contribution in [2.45, 2.75) is 32.2 Å². The number of nitro benzene ring substituents is 1. The molecule has 0 spiro atoms. The smallest absolute Gasteiger partial charge is 0.269 e. The molecule has 2 aromatic carbocycles. The molecule has 156 valence electrons. The molecule has 0 bridgehead atoms. The zero-order valence-electron chi connectivity index (χ0n) is 16.6. The predicted octanol–water partition coefficient (Wildman–Crippen LogP) is 4.20. The first-order valence-corrected chi connectivity index (χ1v) is 10.1. The highest BCUT2D eigenvalue weighted by Gasteiger charge is 2.21. The molecule has 8 nitrogen and oxygen atoms in total. The summed E-state index contributed by atoms with van der Waals surface area (Å²) in [5.41, 5.74) is 1.97. The third-order valence-corrected chi connectivity index (χ3v) is 5.64. The Hall–Kier alpha value is -3.26. The van der Waals surface area contributed by atoms with E-state index in [4.69, 9.17) is 4.42 Å². The Labute approximate surface area is 174 Å². The van der Waals surface area contributed by atoms with Gasteiger partial charge in [-0.2, -0.15) is 0 Å². The van der Waals surface area contributed by atoms with Crippen molar-refractivity contribution in [1.82, 2.24) is 15.1 Å². The number of hydrogen-bond acceptors (Lipinski definition) is 7. The number of phenols is 1. The number of nitro groups is 1. The lowest BCUT2D eigenvalue weighted by atomic mass is 9.90. The SMILES string of the molecule is O=[N+]([O-])c1ccc(-c2nnc(CN3CCC(CCc4ccc(O)cc4)CC3)o2)cc1. The zero-order chi connectivity index (χ0) is 20.9. The van der Waals surface area contributed by atoms with E-state index in [-0.39, 0.29) is 5.69 Å². The summed E-state index contributed by atoms with van der Waals surface area (Å²) in [6, 6.07) is 13.6. The van der Waals surface area contributed by atoms with E-state index < -0.39 is 4.92 Å². The number of nitrogens with zero attached hydrogens (tertiary/aromatic N) is 4. The molecule has 0 saturated carbocycles. The van der Waals surface area contributed by atoms with Gasteiger partial charge in [-0.15, -0.1) is 10.2 Å². The number of aromatic hydroxyl groups is 1. The van der Waals surface area contributed by atoms with Gasteiger partial charge in [-0.1, -0.05) is 12.1 Å². The third kappa shape index (κ3) is 5.01. The van der Waals surface area contributed by atoms with Gasteiger partial charge in [0.2, 0.25) is 11.8 Å². The molecular weight excluding hydrogens is 384 g/mol. The summed E-state index contributed by atoms with van der Waals surface area (Å²) in [4.78, 5) is 12.7. The fourth-order valence-electron chi connectivity index (χ4n) is 3.82. The van der Waals surface area contributed by atoms with E-state index in [2.05, 4.69) is 15.1 Å². The van der Waals surface area contributed by atoms with Crippen molar-refractivity contribution >= 4 is 5.69 Å². The first-order valence-electron chi connectivity index (χ1n) is 10.1. The quantitative estimate of drug-likeness (QED) is 0.461. The summed E-state index contributed by atoms with van der Waals surface area (Å²) in [5, 5.41) is 28.3. The molecule has 0 amide bonds. The van der Waals surface area contributed by atoms with E-state index >= 15 is 0 Å². The highest BCUT2D eigenvalue weighted by atomic mass is 16.6. The number of non-ortho nitro benzene ring substituents is 1. The normalized spacial score (nSPS) is 15.3. The topological polar surface area (TPSA) is 106 Å². The maximum Gasteiger partial charge on any atom is 0.269 e. The van der Waals surface area contributed by atoms with Gasteiger partial charge in [0.1, 0.15) is 5.75 Å². The Balaban J connectivity index is 1.25. The molecule has 30 heavy (non-hydrogen) atoms. The number of piperidine rings is 1. The van der Waals surface area contributed by atoms with Crippen LogP contribution >= 0.6 is 0 Å². The summed E-state index contributed by atoms with van der Waals surface area (Å²) in [7, 11) is 0. The summed E-state index contributed by atoms with van der Waals surface area (Å²) in [6.07, 6.45) is 4.47. The molecule has 4 rings (SSSR count). The predicted molar refractivity (Wildman–Crippen MR) is 111 cm³/mol. The van der Waals surface area contributed by atoms with Crippen LogP contribution in [0.2, 0.25) is 0 Å². The second-order valence-electron chi connectivity index (χ2n) is 7.73. The second kappa shape index (κ2) is 9.04. The van der Waals surface area contributed by atoms with Crippen LogP contribution in [0.5, 0.6) is 5.75 Å². The lowest BCUT2D eigenvalue weighted by Gasteiger charge is -2.31. The number of benzene rings is 2. The van der Waals surface area contributed by atoms with Crippen LogP contribution in [-0.2, 0) is 13.0 Å². The van der Waals surface area contributed by atoms with Gasteiger partial charge in [0, 0.05) is 17.7 Å². The third-order valence-electron chi connectivity index (χ3n) is 5.64. The Morgan fingerprint density at radius 1 is 1.07 bits per heavy atom. The molecule has 1 aliphatic heterocycles. The lowest BCUT2D eigenvalue weighted by molar-refractivity contribution is -0.384. The lowest BCUT2D eigenvalue weighted by Crippen LogP contribution is -2.33. The molecule has 0 atom stereocenters. The number of hydrogen-bond donors (Lipinski definition) is 1.